The molecule has 0 aromatic heterocycles. The average molecular weight is 369 g/mol. The molecular formula is C18H22ClFN2O3. The minimum absolute atomic E-state index is 0.0143. The van der Waals surface area contributed by atoms with E-state index in [-0.39, 0.29) is 28.9 Å². The Morgan fingerprint density at radius 1 is 1.24 bits per heavy atom. The summed E-state index contributed by atoms with van der Waals surface area (Å²) in [4.78, 5) is 28.5. The molecule has 2 fully saturated rings. The Balaban J connectivity index is 1.69. The fourth-order valence-corrected chi connectivity index (χ4v) is 3.92. The molecule has 1 atom stereocenters. The predicted octanol–water partition coefficient (Wildman–Crippen LogP) is 2.72. The maximum absolute atomic E-state index is 13.3. The summed E-state index contributed by atoms with van der Waals surface area (Å²) in [6.45, 7) is 3.98. The summed E-state index contributed by atoms with van der Waals surface area (Å²) >= 11 is 5.78. The van der Waals surface area contributed by atoms with Crippen molar-refractivity contribution in [1.29, 1.82) is 0 Å². The second kappa shape index (κ2) is 7.70. The normalized spacial score (nSPS) is 21.4. The van der Waals surface area contributed by atoms with Crippen molar-refractivity contribution < 1.29 is 18.7 Å². The van der Waals surface area contributed by atoms with Gasteiger partial charge in [-0.25, -0.2) is 4.39 Å². The third-order valence-electron chi connectivity index (χ3n) is 4.96. The highest BCUT2D eigenvalue weighted by molar-refractivity contribution is 6.31. The summed E-state index contributed by atoms with van der Waals surface area (Å²) < 4.78 is 18.7. The van der Waals surface area contributed by atoms with Crippen LogP contribution in [0.15, 0.2) is 18.2 Å². The minimum Gasteiger partial charge on any atom is -0.381 e. The number of likely N-dealkylation sites (tertiary alicyclic amines) is 1. The van der Waals surface area contributed by atoms with Crippen molar-refractivity contribution in [3.63, 3.8) is 0 Å². The zero-order valence-corrected chi connectivity index (χ0v) is 15.0. The summed E-state index contributed by atoms with van der Waals surface area (Å²) in [5.74, 6) is -0.685. The lowest BCUT2D eigenvalue weighted by Gasteiger charge is -2.37. The van der Waals surface area contributed by atoms with Crippen molar-refractivity contribution in [2.75, 3.05) is 26.3 Å². The quantitative estimate of drug-likeness (QED) is 0.824. The van der Waals surface area contributed by atoms with Gasteiger partial charge in [-0.2, -0.15) is 0 Å². The largest absolute Gasteiger partial charge is 0.381 e. The molecule has 0 spiro atoms. The van der Waals surface area contributed by atoms with Crippen molar-refractivity contribution >= 4 is 23.4 Å². The molecule has 1 aromatic carbocycles. The number of hydrogen-bond donors (Lipinski definition) is 0. The van der Waals surface area contributed by atoms with Crippen molar-refractivity contribution in [1.82, 2.24) is 9.80 Å². The molecule has 0 saturated carbocycles. The van der Waals surface area contributed by atoms with Gasteiger partial charge in [-0.05, 0) is 37.5 Å². The van der Waals surface area contributed by atoms with Gasteiger partial charge in [0.15, 0.2) is 0 Å². The van der Waals surface area contributed by atoms with Crippen LogP contribution >= 0.6 is 11.6 Å². The Morgan fingerprint density at radius 3 is 2.60 bits per heavy atom. The average Bonchev–Trinajstić information content (AvgIpc) is 3.07. The Hall–Kier alpha value is -1.66. The first-order valence-electron chi connectivity index (χ1n) is 8.58. The summed E-state index contributed by atoms with van der Waals surface area (Å²) in [6, 6.07) is 4.19. The molecule has 25 heavy (non-hydrogen) atoms. The van der Waals surface area contributed by atoms with Gasteiger partial charge >= 0.3 is 0 Å². The smallest absolute Gasteiger partial charge is 0.253 e. The molecule has 0 aliphatic carbocycles. The lowest BCUT2D eigenvalue weighted by molar-refractivity contribution is -0.135. The highest BCUT2D eigenvalue weighted by Crippen LogP contribution is 2.25. The Bertz CT molecular complexity index is 664. The van der Waals surface area contributed by atoms with Crippen LogP contribution in [0.4, 0.5) is 4.39 Å². The molecule has 2 amide bonds. The molecule has 2 aliphatic rings. The van der Waals surface area contributed by atoms with Crippen LogP contribution in [0.5, 0.6) is 0 Å². The third kappa shape index (κ3) is 3.96. The van der Waals surface area contributed by atoms with E-state index in [0.29, 0.717) is 31.9 Å². The van der Waals surface area contributed by atoms with E-state index in [0.717, 1.165) is 19.3 Å². The van der Waals surface area contributed by atoms with Crippen LogP contribution in [0.2, 0.25) is 5.02 Å². The van der Waals surface area contributed by atoms with Crippen LogP contribution in [0.1, 0.15) is 36.5 Å². The monoisotopic (exact) mass is 368 g/mol. The van der Waals surface area contributed by atoms with E-state index in [1.54, 1.807) is 11.8 Å². The molecule has 2 aliphatic heterocycles. The highest BCUT2D eigenvalue weighted by atomic mass is 35.5. The van der Waals surface area contributed by atoms with E-state index >= 15 is 0 Å². The van der Waals surface area contributed by atoms with Crippen LogP contribution < -0.4 is 0 Å². The van der Waals surface area contributed by atoms with Gasteiger partial charge in [0.1, 0.15) is 5.82 Å². The highest BCUT2D eigenvalue weighted by Gasteiger charge is 2.36. The number of hydrogen-bond acceptors (Lipinski definition) is 3. The van der Waals surface area contributed by atoms with Gasteiger partial charge in [-0.15, -0.1) is 0 Å². The van der Waals surface area contributed by atoms with Crippen molar-refractivity contribution in [2.45, 2.75) is 38.3 Å². The first-order chi connectivity index (χ1) is 12.0. The molecular weight excluding hydrogens is 347 g/mol. The van der Waals surface area contributed by atoms with E-state index in [2.05, 4.69) is 0 Å². The van der Waals surface area contributed by atoms with E-state index in [4.69, 9.17) is 16.3 Å². The molecule has 2 saturated heterocycles. The molecule has 0 N–H and O–H groups in total. The van der Waals surface area contributed by atoms with Crippen LogP contribution in [0, 0.1) is 5.82 Å². The minimum atomic E-state index is -0.542. The van der Waals surface area contributed by atoms with Gasteiger partial charge in [0, 0.05) is 44.8 Å². The molecule has 3 rings (SSSR count). The van der Waals surface area contributed by atoms with Gasteiger partial charge in [0.25, 0.3) is 5.91 Å². The molecule has 2 heterocycles. The van der Waals surface area contributed by atoms with Gasteiger partial charge in [0.05, 0.1) is 11.1 Å². The standard InChI is InChI=1S/C18H22ClFN2O3/c1-12(23)22(14-5-8-25-9-6-14)15-4-7-21(11-15)18(24)13-2-3-17(20)16(19)10-13/h2-3,10,14-15H,4-9,11H2,1H3. The zero-order valence-electron chi connectivity index (χ0n) is 14.2. The molecule has 1 unspecified atom stereocenters. The Kier molecular flexibility index (Phi) is 5.59. The number of ether oxygens (including phenoxy) is 1. The lowest BCUT2D eigenvalue weighted by atomic mass is 10.0. The number of rotatable bonds is 3. The van der Waals surface area contributed by atoms with E-state index in [9.17, 15) is 14.0 Å². The van der Waals surface area contributed by atoms with Crippen LogP contribution in [0.3, 0.4) is 0 Å². The molecule has 1 aromatic rings. The molecule has 0 radical (unpaired) electrons. The first-order valence-corrected chi connectivity index (χ1v) is 8.96. The molecule has 0 bridgehead atoms. The number of halogens is 2. The van der Waals surface area contributed by atoms with Crippen molar-refractivity contribution in [3.05, 3.63) is 34.6 Å². The van der Waals surface area contributed by atoms with Crippen LogP contribution in [-0.2, 0) is 9.53 Å². The second-order valence-electron chi connectivity index (χ2n) is 6.59. The van der Waals surface area contributed by atoms with E-state index in [1.165, 1.54) is 18.2 Å². The summed E-state index contributed by atoms with van der Waals surface area (Å²) in [5, 5.41) is -0.0610. The first kappa shape index (κ1) is 18.1. The van der Waals surface area contributed by atoms with Crippen molar-refractivity contribution in [2.24, 2.45) is 0 Å². The molecule has 136 valence electrons. The lowest BCUT2D eigenvalue weighted by Crippen LogP contribution is -2.49. The SMILES string of the molecule is CC(=O)N(C1CCOCC1)C1CCN(C(=O)c2ccc(F)c(Cl)c2)C1. The summed E-state index contributed by atoms with van der Waals surface area (Å²) in [5.41, 5.74) is 0.368. The number of carbonyl (C=O) groups excluding carboxylic acids is 2. The van der Waals surface area contributed by atoms with Crippen LogP contribution in [0.25, 0.3) is 0 Å². The second-order valence-corrected chi connectivity index (χ2v) is 7.00. The summed E-state index contributed by atoms with van der Waals surface area (Å²) in [7, 11) is 0. The Morgan fingerprint density at radius 2 is 1.96 bits per heavy atom. The Labute approximate surface area is 151 Å². The van der Waals surface area contributed by atoms with E-state index < -0.39 is 5.82 Å². The predicted molar refractivity (Wildman–Crippen MR) is 92.1 cm³/mol. The number of carbonyl (C=O) groups is 2. The van der Waals surface area contributed by atoms with Crippen LogP contribution in [-0.4, -0.2) is 60.0 Å². The number of nitrogens with zero attached hydrogens (tertiary/aromatic N) is 2. The fraction of sp³-hybridized carbons (Fsp3) is 0.556. The zero-order chi connectivity index (χ0) is 18.0. The maximum Gasteiger partial charge on any atom is 0.253 e. The topological polar surface area (TPSA) is 49.9 Å². The van der Waals surface area contributed by atoms with Gasteiger partial charge in [-0.1, -0.05) is 11.6 Å². The third-order valence-corrected chi connectivity index (χ3v) is 5.25. The van der Waals surface area contributed by atoms with E-state index in [1.807, 2.05) is 4.90 Å². The van der Waals surface area contributed by atoms with Gasteiger partial charge < -0.3 is 14.5 Å². The fourth-order valence-electron chi connectivity index (χ4n) is 3.74. The number of benzene rings is 1. The molecule has 7 heteroatoms. The van der Waals surface area contributed by atoms with Gasteiger partial charge in [0.2, 0.25) is 5.91 Å². The molecule has 5 nitrogen and oxygen atoms in total. The summed E-state index contributed by atoms with van der Waals surface area (Å²) in [6.07, 6.45) is 2.41. The van der Waals surface area contributed by atoms with Crippen molar-refractivity contribution in [3.8, 4) is 0 Å². The number of amides is 2. The maximum atomic E-state index is 13.3. The van der Waals surface area contributed by atoms with Gasteiger partial charge in [-0.3, -0.25) is 9.59 Å².